The van der Waals surface area contributed by atoms with E-state index in [0.717, 1.165) is 11.1 Å². The number of hydrogen-bond acceptors (Lipinski definition) is 2. The predicted octanol–water partition coefficient (Wildman–Crippen LogP) is 4.57. The van der Waals surface area contributed by atoms with Crippen molar-refractivity contribution in [3.05, 3.63) is 63.1 Å². The highest BCUT2D eigenvalue weighted by Crippen LogP contribution is 2.26. The van der Waals surface area contributed by atoms with E-state index >= 15 is 0 Å². The predicted molar refractivity (Wildman–Crippen MR) is 88.9 cm³/mol. The van der Waals surface area contributed by atoms with Gasteiger partial charge in [-0.3, -0.25) is 10.1 Å². The van der Waals surface area contributed by atoms with E-state index in [2.05, 4.69) is 10.6 Å². The molecule has 2 aromatic carbocycles. The highest BCUT2D eigenvalue weighted by molar-refractivity contribution is 6.40. The average molecular weight is 337 g/mol. The van der Waals surface area contributed by atoms with Gasteiger partial charge >= 0.3 is 6.03 Å². The zero-order chi connectivity index (χ0) is 16.3. The fraction of sp³-hybridized carbons (Fsp3) is 0.125. The van der Waals surface area contributed by atoms with Gasteiger partial charge in [0, 0.05) is 5.69 Å². The van der Waals surface area contributed by atoms with Crippen LogP contribution in [-0.4, -0.2) is 11.9 Å². The van der Waals surface area contributed by atoms with E-state index in [1.807, 2.05) is 26.0 Å². The molecule has 2 aromatic rings. The summed E-state index contributed by atoms with van der Waals surface area (Å²) in [6.45, 7) is 3.66. The quantitative estimate of drug-likeness (QED) is 0.843. The highest BCUT2D eigenvalue weighted by atomic mass is 35.5. The summed E-state index contributed by atoms with van der Waals surface area (Å²) in [4.78, 5) is 24.1. The molecular formula is C16H14Cl2N2O2. The maximum Gasteiger partial charge on any atom is 0.326 e. The third kappa shape index (κ3) is 3.78. The van der Waals surface area contributed by atoms with Crippen molar-refractivity contribution in [3.8, 4) is 0 Å². The molecule has 0 saturated heterocycles. The number of halogens is 2. The number of imide groups is 1. The lowest BCUT2D eigenvalue weighted by Crippen LogP contribution is -2.34. The normalized spacial score (nSPS) is 10.2. The molecule has 0 atom stereocenters. The minimum Gasteiger partial charge on any atom is -0.307 e. The van der Waals surface area contributed by atoms with E-state index in [-0.39, 0.29) is 15.6 Å². The second-order valence-corrected chi connectivity index (χ2v) is 5.64. The smallest absolute Gasteiger partial charge is 0.307 e. The fourth-order valence-electron chi connectivity index (χ4n) is 1.95. The molecule has 4 nitrogen and oxygen atoms in total. The Bertz CT molecular complexity index is 722. The van der Waals surface area contributed by atoms with Crippen molar-refractivity contribution in [2.75, 3.05) is 5.32 Å². The Morgan fingerprint density at radius 3 is 2.18 bits per heavy atom. The molecule has 0 bridgehead atoms. The van der Waals surface area contributed by atoms with E-state index in [0.29, 0.717) is 5.69 Å². The van der Waals surface area contributed by atoms with Gasteiger partial charge in [-0.25, -0.2) is 4.79 Å². The standard InChI is InChI=1S/C16H14Cl2N2O2/c1-9-7-11(17)14(12(18)8-9)15(21)20-16(22)19-13-6-4-3-5-10(13)2/h3-8H,1-2H3,(H2,19,20,21,22). The zero-order valence-corrected chi connectivity index (χ0v) is 13.5. The first-order valence-electron chi connectivity index (χ1n) is 6.52. The van der Waals surface area contributed by atoms with Crippen LogP contribution in [0.15, 0.2) is 36.4 Å². The summed E-state index contributed by atoms with van der Waals surface area (Å²) in [7, 11) is 0. The maximum atomic E-state index is 12.1. The molecule has 0 heterocycles. The van der Waals surface area contributed by atoms with Crippen LogP contribution in [0.1, 0.15) is 21.5 Å². The minimum absolute atomic E-state index is 0.0777. The van der Waals surface area contributed by atoms with Crippen molar-refractivity contribution >= 4 is 40.8 Å². The van der Waals surface area contributed by atoms with Gasteiger partial charge in [-0.15, -0.1) is 0 Å². The summed E-state index contributed by atoms with van der Waals surface area (Å²) >= 11 is 12.0. The number of aryl methyl sites for hydroxylation is 2. The second kappa shape index (κ2) is 6.81. The van der Waals surface area contributed by atoms with Crippen LogP contribution in [0, 0.1) is 13.8 Å². The van der Waals surface area contributed by atoms with Gasteiger partial charge in [-0.2, -0.15) is 0 Å². The summed E-state index contributed by atoms with van der Waals surface area (Å²) in [6.07, 6.45) is 0. The van der Waals surface area contributed by atoms with Gasteiger partial charge in [-0.05, 0) is 43.2 Å². The fourth-order valence-corrected chi connectivity index (χ4v) is 2.72. The Hall–Kier alpha value is -2.04. The monoisotopic (exact) mass is 336 g/mol. The molecule has 2 rings (SSSR count). The number of amides is 3. The minimum atomic E-state index is -0.652. The maximum absolute atomic E-state index is 12.1. The Kier molecular flexibility index (Phi) is 5.06. The summed E-state index contributed by atoms with van der Waals surface area (Å²) in [5.41, 5.74) is 2.41. The van der Waals surface area contributed by atoms with Gasteiger partial charge in [0.25, 0.3) is 5.91 Å². The van der Waals surface area contributed by atoms with Crippen LogP contribution in [0.2, 0.25) is 10.0 Å². The van der Waals surface area contributed by atoms with E-state index in [9.17, 15) is 9.59 Å². The third-order valence-corrected chi connectivity index (χ3v) is 3.63. The van der Waals surface area contributed by atoms with Crippen LogP contribution >= 0.6 is 23.2 Å². The van der Waals surface area contributed by atoms with Crippen molar-refractivity contribution < 1.29 is 9.59 Å². The number of urea groups is 1. The van der Waals surface area contributed by atoms with E-state index < -0.39 is 11.9 Å². The molecule has 0 unspecified atom stereocenters. The lowest BCUT2D eigenvalue weighted by atomic mass is 10.1. The van der Waals surface area contributed by atoms with Crippen molar-refractivity contribution in [2.45, 2.75) is 13.8 Å². The van der Waals surface area contributed by atoms with E-state index in [1.165, 1.54) is 0 Å². The van der Waals surface area contributed by atoms with Gasteiger partial charge in [0.1, 0.15) is 0 Å². The van der Waals surface area contributed by atoms with Crippen molar-refractivity contribution in [1.29, 1.82) is 0 Å². The van der Waals surface area contributed by atoms with Crippen LogP contribution in [-0.2, 0) is 0 Å². The Morgan fingerprint density at radius 1 is 1.00 bits per heavy atom. The topological polar surface area (TPSA) is 58.2 Å². The highest BCUT2D eigenvalue weighted by Gasteiger charge is 2.18. The summed E-state index contributed by atoms with van der Waals surface area (Å²) in [5.74, 6) is -0.652. The van der Waals surface area contributed by atoms with Crippen molar-refractivity contribution in [2.24, 2.45) is 0 Å². The Balaban J connectivity index is 2.13. The molecule has 0 fully saturated rings. The molecule has 3 amide bonds. The molecule has 22 heavy (non-hydrogen) atoms. The second-order valence-electron chi connectivity index (χ2n) is 4.83. The number of carbonyl (C=O) groups excluding carboxylic acids is 2. The molecule has 0 aliphatic carbocycles. The summed E-state index contributed by atoms with van der Waals surface area (Å²) in [6, 6.07) is 9.82. The zero-order valence-electron chi connectivity index (χ0n) is 12.0. The van der Waals surface area contributed by atoms with Crippen LogP contribution < -0.4 is 10.6 Å². The number of para-hydroxylation sites is 1. The van der Waals surface area contributed by atoms with Gasteiger partial charge in [0.05, 0.1) is 15.6 Å². The largest absolute Gasteiger partial charge is 0.326 e. The molecule has 0 aromatic heterocycles. The number of rotatable bonds is 2. The Morgan fingerprint density at radius 2 is 1.59 bits per heavy atom. The molecule has 0 aliphatic heterocycles. The van der Waals surface area contributed by atoms with Crippen LogP contribution in [0.3, 0.4) is 0 Å². The first-order chi connectivity index (χ1) is 10.4. The van der Waals surface area contributed by atoms with Crippen LogP contribution in [0.5, 0.6) is 0 Å². The number of carbonyl (C=O) groups is 2. The van der Waals surface area contributed by atoms with E-state index in [4.69, 9.17) is 23.2 Å². The molecule has 6 heteroatoms. The first-order valence-corrected chi connectivity index (χ1v) is 7.27. The molecule has 2 N–H and O–H groups in total. The van der Waals surface area contributed by atoms with Gasteiger partial charge in [0.15, 0.2) is 0 Å². The van der Waals surface area contributed by atoms with Crippen molar-refractivity contribution in [3.63, 3.8) is 0 Å². The molecular weight excluding hydrogens is 323 g/mol. The average Bonchev–Trinajstić information content (AvgIpc) is 2.40. The van der Waals surface area contributed by atoms with Gasteiger partial charge < -0.3 is 5.32 Å². The van der Waals surface area contributed by atoms with Crippen LogP contribution in [0.4, 0.5) is 10.5 Å². The number of hydrogen-bond donors (Lipinski definition) is 2. The molecule has 0 spiro atoms. The summed E-state index contributed by atoms with van der Waals surface area (Å²) < 4.78 is 0. The molecule has 0 aliphatic rings. The first kappa shape index (κ1) is 16.3. The SMILES string of the molecule is Cc1cc(Cl)c(C(=O)NC(=O)Nc2ccccc2C)c(Cl)c1. The van der Waals surface area contributed by atoms with Gasteiger partial charge in [0.2, 0.25) is 0 Å². The third-order valence-electron chi connectivity index (χ3n) is 3.03. The van der Waals surface area contributed by atoms with Crippen molar-refractivity contribution in [1.82, 2.24) is 5.32 Å². The summed E-state index contributed by atoms with van der Waals surface area (Å²) in [5, 5.41) is 5.22. The molecule has 0 saturated carbocycles. The lowest BCUT2D eigenvalue weighted by molar-refractivity contribution is 0.0967. The van der Waals surface area contributed by atoms with E-state index in [1.54, 1.807) is 24.3 Å². The number of benzene rings is 2. The molecule has 114 valence electrons. The Labute approximate surface area is 138 Å². The van der Waals surface area contributed by atoms with Crippen LogP contribution in [0.25, 0.3) is 0 Å². The van der Waals surface area contributed by atoms with Gasteiger partial charge in [-0.1, -0.05) is 41.4 Å². The molecule has 0 radical (unpaired) electrons. The lowest BCUT2D eigenvalue weighted by Gasteiger charge is -2.11. The number of nitrogens with one attached hydrogen (secondary N) is 2. The number of anilines is 1.